The molecular weight excluding hydrogens is 286 g/mol. The highest BCUT2D eigenvalue weighted by molar-refractivity contribution is 7.13. The van der Waals surface area contributed by atoms with Crippen LogP contribution >= 0.6 is 11.3 Å². The Morgan fingerprint density at radius 1 is 1.24 bits per heavy atom. The summed E-state index contributed by atoms with van der Waals surface area (Å²) < 4.78 is 10.5. The van der Waals surface area contributed by atoms with Crippen molar-refractivity contribution in [2.45, 2.75) is 13.0 Å². The molecule has 0 bridgehead atoms. The summed E-state index contributed by atoms with van der Waals surface area (Å²) in [5.74, 6) is 2.02. The fourth-order valence-corrected chi connectivity index (χ4v) is 2.57. The van der Waals surface area contributed by atoms with E-state index in [0.717, 1.165) is 16.3 Å². The van der Waals surface area contributed by atoms with Crippen molar-refractivity contribution in [1.82, 2.24) is 10.1 Å². The highest BCUT2D eigenvalue weighted by atomic mass is 32.1. The van der Waals surface area contributed by atoms with Crippen LogP contribution in [0, 0.1) is 0 Å². The maximum atomic E-state index is 5.33. The van der Waals surface area contributed by atoms with Crippen molar-refractivity contribution in [2.75, 3.05) is 12.4 Å². The zero-order chi connectivity index (χ0) is 14.7. The smallest absolute Gasteiger partial charge is 0.249 e. The molecule has 21 heavy (non-hydrogen) atoms. The Balaban J connectivity index is 1.71. The normalized spacial score (nSPS) is 12.1. The van der Waals surface area contributed by atoms with Crippen LogP contribution in [0.2, 0.25) is 0 Å². The van der Waals surface area contributed by atoms with Crippen LogP contribution in [0.4, 0.5) is 5.69 Å². The van der Waals surface area contributed by atoms with E-state index < -0.39 is 0 Å². The van der Waals surface area contributed by atoms with Crippen LogP contribution in [0.5, 0.6) is 5.75 Å². The molecule has 5 nitrogen and oxygen atoms in total. The lowest BCUT2D eigenvalue weighted by Crippen LogP contribution is -2.06. The molecule has 0 saturated heterocycles. The van der Waals surface area contributed by atoms with Crippen LogP contribution in [-0.2, 0) is 0 Å². The van der Waals surface area contributed by atoms with Crippen molar-refractivity contribution in [2.24, 2.45) is 0 Å². The van der Waals surface area contributed by atoms with Gasteiger partial charge >= 0.3 is 0 Å². The van der Waals surface area contributed by atoms with Crippen molar-refractivity contribution in [3.63, 3.8) is 0 Å². The van der Waals surface area contributed by atoms with Crippen molar-refractivity contribution < 1.29 is 9.26 Å². The summed E-state index contributed by atoms with van der Waals surface area (Å²) in [5.41, 5.74) is 0.971. The molecule has 0 fully saturated rings. The molecule has 0 spiro atoms. The minimum atomic E-state index is -0.0698. The maximum absolute atomic E-state index is 5.33. The van der Waals surface area contributed by atoms with Gasteiger partial charge in [-0.05, 0) is 42.6 Å². The van der Waals surface area contributed by atoms with Crippen LogP contribution < -0.4 is 10.1 Å². The van der Waals surface area contributed by atoms with Crippen molar-refractivity contribution in [3.8, 4) is 16.5 Å². The third-order valence-corrected chi connectivity index (χ3v) is 3.89. The molecule has 0 amide bonds. The zero-order valence-corrected chi connectivity index (χ0v) is 12.6. The molecule has 3 aromatic rings. The number of nitrogens with zero attached hydrogens (tertiary/aromatic N) is 2. The lowest BCUT2D eigenvalue weighted by atomic mass is 10.2. The molecule has 6 heteroatoms. The van der Waals surface area contributed by atoms with Gasteiger partial charge in [-0.1, -0.05) is 11.2 Å². The summed E-state index contributed by atoms with van der Waals surface area (Å²) >= 11 is 1.59. The first-order valence-corrected chi connectivity index (χ1v) is 7.42. The Hall–Kier alpha value is -2.34. The molecular formula is C15H15N3O2S. The lowest BCUT2D eigenvalue weighted by Gasteiger charge is -2.11. The van der Waals surface area contributed by atoms with Crippen LogP contribution in [0.3, 0.4) is 0 Å². The van der Waals surface area contributed by atoms with Gasteiger partial charge in [0, 0.05) is 5.69 Å². The molecule has 0 unspecified atom stereocenters. The van der Waals surface area contributed by atoms with E-state index in [1.807, 2.05) is 48.7 Å². The Kier molecular flexibility index (Phi) is 3.87. The van der Waals surface area contributed by atoms with E-state index in [4.69, 9.17) is 9.26 Å². The summed E-state index contributed by atoms with van der Waals surface area (Å²) in [6.07, 6.45) is 0. The topological polar surface area (TPSA) is 60.2 Å². The van der Waals surface area contributed by atoms with Gasteiger partial charge in [0.1, 0.15) is 11.8 Å². The second kappa shape index (κ2) is 5.97. The molecule has 0 aliphatic carbocycles. The Morgan fingerprint density at radius 2 is 2.05 bits per heavy atom. The van der Waals surface area contributed by atoms with Crippen LogP contribution in [0.25, 0.3) is 10.7 Å². The first kappa shape index (κ1) is 13.6. The molecule has 0 aliphatic heterocycles. The number of aromatic nitrogens is 2. The number of hydrogen-bond donors (Lipinski definition) is 1. The number of thiophene rings is 1. The van der Waals surface area contributed by atoms with E-state index in [0.29, 0.717) is 11.7 Å². The molecule has 1 aromatic carbocycles. The van der Waals surface area contributed by atoms with Gasteiger partial charge in [0.15, 0.2) is 0 Å². The SMILES string of the molecule is COc1ccc(N[C@@H](C)c2nc(-c3cccs3)no2)cc1. The minimum Gasteiger partial charge on any atom is -0.497 e. The molecule has 0 radical (unpaired) electrons. The largest absolute Gasteiger partial charge is 0.497 e. The van der Waals surface area contributed by atoms with Gasteiger partial charge in [0.2, 0.25) is 11.7 Å². The summed E-state index contributed by atoms with van der Waals surface area (Å²) in [4.78, 5) is 5.43. The summed E-state index contributed by atoms with van der Waals surface area (Å²) in [5, 5.41) is 9.32. The fourth-order valence-electron chi connectivity index (χ4n) is 1.92. The average Bonchev–Trinajstić information content (AvgIpc) is 3.19. The molecule has 1 atom stereocenters. The summed E-state index contributed by atoms with van der Waals surface area (Å²) in [7, 11) is 1.65. The second-order valence-electron chi connectivity index (χ2n) is 4.53. The van der Waals surface area contributed by atoms with Crippen molar-refractivity contribution in [3.05, 3.63) is 47.7 Å². The summed E-state index contributed by atoms with van der Waals surface area (Å²) in [6, 6.07) is 11.6. The molecule has 3 rings (SSSR count). The highest BCUT2D eigenvalue weighted by Crippen LogP contribution is 2.25. The first-order chi connectivity index (χ1) is 10.3. The third kappa shape index (κ3) is 3.05. The summed E-state index contributed by atoms with van der Waals surface area (Å²) in [6.45, 7) is 1.98. The Morgan fingerprint density at radius 3 is 2.71 bits per heavy atom. The number of hydrogen-bond acceptors (Lipinski definition) is 6. The van der Waals surface area contributed by atoms with Crippen molar-refractivity contribution in [1.29, 1.82) is 0 Å². The molecule has 2 heterocycles. The van der Waals surface area contributed by atoms with Crippen LogP contribution in [-0.4, -0.2) is 17.3 Å². The van der Waals surface area contributed by atoms with Gasteiger partial charge in [-0.15, -0.1) is 11.3 Å². The molecule has 2 aromatic heterocycles. The number of rotatable bonds is 5. The average molecular weight is 301 g/mol. The molecule has 1 N–H and O–H groups in total. The number of nitrogens with one attached hydrogen (secondary N) is 1. The third-order valence-electron chi connectivity index (χ3n) is 3.03. The zero-order valence-electron chi connectivity index (χ0n) is 11.7. The van der Waals surface area contributed by atoms with Gasteiger partial charge < -0.3 is 14.6 Å². The second-order valence-corrected chi connectivity index (χ2v) is 5.48. The van der Waals surface area contributed by atoms with Crippen LogP contribution in [0.15, 0.2) is 46.3 Å². The number of ether oxygens (including phenoxy) is 1. The van der Waals surface area contributed by atoms with E-state index >= 15 is 0 Å². The Labute approximate surface area is 126 Å². The molecule has 0 saturated carbocycles. The predicted molar refractivity (Wildman–Crippen MR) is 82.6 cm³/mol. The van der Waals surface area contributed by atoms with Gasteiger partial charge in [-0.3, -0.25) is 0 Å². The van der Waals surface area contributed by atoms with Crippen molar-refractivity contribution >= 4 is 17.0 Å². The quantitative estimate of drug-likeness (QED) is 0.772. The van der Waals surface area contributed by atoms with E-state index in [1.54, 1.807) is 18.4 Å². The minimum absolute atomic E-state index is 0.0698. The van der Waals surface area contributed by atoms with E-state index in [9.17, 15) is 0 Å². The van der Waals surface area contributed by atoms with Gasteiger partial charge in [0.05, 0.1) is 12.0 Å². The van der Waals surface area contributed by atoms with E-state index in [1.165, 1.54) is 0 Å². The number of methoxy groups -OCH3 is 1. The van der Waals surface area contributed by atoms with Gasteiger partial charge in [0.25, 0.3) is 0 Å². The lowest BCUT2D eigenvalue weighted by molar-refractivity contribution is 0.368. The molecule has 0 aliphatic rings. The fraction of sp³-hybridized carbons (Fsp3) is 0.200. The maximum Gasteiger partial charge on any atom is 0.249 e. The number of benzene rings is 1. The Bertz CT molecular complexity index is 692. The highest BCUT2D eigenvalue weighted by Gasteiger charge is 2.15. The monoisotopic (exact) mass is 301 g/mol. The van der Waals surface area contributed by atoms with E-state index in [2.05, 4.69) is 15.5 Å². The first-order valence-electron chi connectivity index (χ1n) is 6.54. The number of anilines is 1. The van der Waals surface area contributed by atoms with Gasteiger partial charge in [-0.2, -0.15) is 4.98 Å². The predicted octanol–water partition coefficient (Wildman–Crippen LogP) is 3.98. The van der Waals surface area contributed by atoms with Gasteiger partial charge in [-0.25, -0.2) is 0 Å². The molecule has 108 valence electrons. The standard InChI is InChI=1S/C15H15N3O2S/c1-10(16-11-5-7-12(19-2)8-6-11)15-17-14(18-20-15)13-4-3-9-21-13/h3-10,16H,1-2H3/t10-/m0/s1. The van der Waals surface area contributed by atoms with E-state index in [-0.39, 0.29) is 6.04 Å². The van der Waals surface area contributed by atoms with Crippen LogP contribution in [0.1, 0.15) is 18.9 Å².